The lowest BCUT2D eigenvalue weighted by atomic mass is 9.97. The maximum atomic E-state index is 16.7. The molecule has 3 aromatic carbocycles. The molecule has 2 aliphatic heterocycles. The number of hydrogen-bond donors (Lipinski definition) is 4. The summed E-state index contributed by atoms with van der Waals surface area (Å²) >= 11 is 0. The minimum absolute atomic E-state index is 0.00831. The van der Waals surface area contributed by atoms with Crippen LogP contribution in [0, 0.1) is 29.1 Å². The van der Waals surface area contributed by atoms with E-state index in [4.69, 9.17) is 14.5 Å². The van der Waals surface area contributed by atoms with Crippen LogP contribution in [0.3, 0.4) is 0 Å². The highest BCUT2D eigenvalue weighted by Gasteiger charge is 2.56. The molecule has 0 radical (unpaired) electrons. The minimum Gasteiger partial charge on any atom is -0.453 e. The van der Waals surface area contributed by atoms with Crippen LogP contribution in [-0.2, 0) is 34.8 Å². The SMILES string of the molecule is COC(=O)NC(C#CCS(C)(=O)=O)C(=O)N1[C@@H]2CC[C@@H](C2)[C@H]1c1nc2ccc(-c3ccc4c(c3)C(F)(F)c3cc(-c5cnc([C@@H]6CC7(CC7)CN6C(=O)[C@@H](NC(=O)OC)C(C)C)[nH]5)ccc3-4)cc2[nH]1. The highest BCUT2D eigenvalue weighted by molar-refractivity contribution is 7.90. The third-order valence-corrected chi connectivity index (χ3v) is 15.3. The maximum Gasteiger partial charge on any atom is 0.408 e. The van der Waals surface area contributed by atoms with Gasteiger partial charge in [0.15, 0.2) is 15.9 Å². The normalized spacial score (nSPS) is 22.2. The van der Waals surface area contributed by atoms with Crippen LogP contribution < -0.4 is 10.6 Å². The fraction of sp³-hybridized carbons (Fsp3) is 0.440. The number of nitrogens with zero attached hydrogens (tertiary/aromatic N) is 4. The lowest BCUT2D eigenvalue weighted by molar-refractivity contribution is -0.137. The lowest BCUT2D eigenvalue weighted by Crippen LogP contribution is -2.51. The lowest BCUT2D eigenvalue weighted by Gasteiger charge is -2.35. The molecule has 2 aromatic heterocycles. The van der Waals surface area contributed by atoms with Crippen LogP contribution in [0.15, 0.2) is 60.8 Å². The summed E-state index contributed by atoms with van der Waals surface area (Å²) < 4.78 is 66.5. The van der Waals surface area contributed by atoms with Gasteiger partial charge in [0.25, 0.3) is 11.8 Å². The van der Waals surface area contributed by atoms with Crippen LogP contribution in [0.25, 0.3) is 44.5 Å². The number of aromatic nitrogens is 4. The van der Waals surface area contributed by atoms with E-state index in [0.29, 0.717) is 69.2 Å². The van der Waals surface area contributed by atoms with Crippen LogP contribution >= 0.6 is 0 Å². The van der Waals surface area contributed by atoms with E-state index in [-0.39, 0.29) is 46.4 Å². The van der Waals surface area contributed by atoms with Crippen molar-refractivity contribution in [2.24, 2.45) is 17.3 Å². The number of carbonyl (C=O) groups excluding carboxylic acids is 4. The van der Waals surface area contributed by atoms with Crippen molar-refractivity contribution in [2.75, 3.05) is 32.8 Å². The number of imidazole rings is 2. The average Bonchev–Trinajstić information content (AvgIpc) is 3.98. The number of hydrogen-bond acceptors (Lipinski definition) is 10. The first kappa shape index (κ1) is 45.9. The average molecular weight is 963 g/mol. The number of piperidine rings is 1. The molecule has 69 heavy (non-hydrogen) atoms. The van der Waals surface area contributed by atoms with E-state index in [2.05, 4.69) is 37.4 Å². The second kappa shape index (κ2) is 17.0. The van der Waals surface area contributed by atoms with E-state index in [1.165, 1.54) is 19.2 Å². The highest BCUT2D eigenvalue weighted by Crippen LogP contribution is 2.59. The molecule has 19 heteroatoms. The van der Waals surface area contributed by atoms with E-state index < -0.39 is 57.7 Å². The molecule has 4 N–H and O–H groups in total. The monoisotopic (exact) mass is 962 g/mol. The molecular weight excluding hydrogens is 911 g/mol. The van der Waals surface area contributed by atoms with E-state index >= 15 is 8.78 Å². The van der Waals surface area contributed by atoms with Crippen LogP contribution in [0.1, 0.15) is 87.2 Å². The molecule has 2 bridgehead atoms. The third kappa shape index (κ3) is 8.35. The zero-order chi connectivity index (χ0) is 48.7. The number of sulfone groups is 1. The van der Waals surface area contributed by atoms with Gasteiger partial charge in [-0.1, -0.05) is 56.0 Å². The number of amides is 4. The van der Waals surface area contributed by atoms with E-state index in [1.54, 1.807) is 40.3 Å². The Morgan fingerprint density at radius 1 is 0.884 bits per heavy atom. The van der Waals surface area contributed by atoms with Crippen molar-refractivity contribution in [3.63, 3.8) is 0 Å². The number of ether oxygens (including phenoxy) is 2. The van der Waals surface area contributed by atoms with Crippen molar-refractivity contribution < 1.29 is 45.9 Å². The van der Waals surface area contributed by atoms with Gasteiger partial charge in [-0.25, -0.2) is 28.0 Å². The number of alkyl halides is 2. The summed E-state index contributed by atoms with van der Waals surface area (Å²) in [5.74, 6) is 1.57. The highest BCUT2D eigenvalue weighted by atomic mass is 32.2. The molecule has 5 aromatic rings. The number of likely N-dealkylation sites (tertiary alicyclic amines) is 2. The molecule has 5 aliphatic rings. The largest absolute Gasteiger partial charge is 0.453 e. The van der Waals surface area contributed by atoms with Gasteiger partial charge in [-0.2, -0.15) is 8.78 Å². The zero-order valence-corrected chi connectivity index (χ0v) is 39.5. The number of H-pyrrole nitrogens is 2. The smallest absolute Gasteiger partial charge is 0.408 e. The zero-order valence-electron chi connectivity index (χ0n) is 38.7. The van der Waals surface area contributed by atoms with Gasteiger partial charge in [0.1, 0.15) is 23.4 Å². The van der Waals surface area contributed by atoms with Crippen molar-refractivity contribution in [3.05, 3.63) is 83.6 Å². The standard InChI is InChI=1S/C50H52F2N8O8S/c1-26(2)41(58-48(64)68-4)46(62)59-25-49(16-17-49)23-40(59)43-53-24-39(56-43)29-10-14-33-32-13-9-27(20-34(32)50(51,52)35(33)21-29)28-11-15-36-38(22-28)55-44(54-36)42-30-8-12-31(19-30)60(42)45(61)37(57-47(63)67-3)7-6-18-69(5,65)66/h9-11,13-15,20-22,24,26,30-31,37,40-42H,8,12,16-19,23,25H2,1-5H3,(H,53,56)(H,54,55)(H,57,63)(H,58,64)/t30-,31+,37?,40-,41-,42-/m0/s1. The molecule has 3 aliphatic carbocycles. The van der Waals surface area contributed by atoms with Crippen LogP contribution in [-0.4, -0.2) is 113 Å². The van der Waals surface area contributed by atoms with Crippen molar-refractivity contribution in [3.8, 4) is 45.4 Å². The molecule has 2 saturated carbocycles. The van der Waals surface area contributed by atoms with Crippen molar-refractivity contribution in [1.82, 2.24) is 40.4 Å². The Morgan fingerprint density at radius 3 is 2.23 bits per heavy atom. The maximum absolute atomic E-state index is 16.7. The van der Waals surface area contributed by atoms with Crippen molar-refractivity contribution in [2.45, 2.75) is 88.5 Å². The first-order valence-electron chi connectivity index (χ1n) is 23.1. The van der Waals surface area contributed by atoms with Crippen molar-refractivity contribution >= 4 is 44.9 Å². The molecule has 4 fully saturated rings. The van der Waals surface area contributed by atoms with Gasteiger partial charge in [0.05, 0.1) is 49.2 Å². The quantitative estimate of drug-likeness (QED) is 0.105. The Kier molecular flexibility index (Phi) is 11.3. The predicted molar refractivity (Wildman–Crippen MR) is 250 cm³/mol. The fourth-order valence-electron chi connectivity index (χ4n) is 10.9. The number of benzene rings is 3. The van der Waals surface area contributed by atoms with Gasteiger partial charge in [0, 0.05) is 35.5 Å². The van der Waals surface area contributed by atoms with Crippen LogP contribution in [0.4, 0.5) is 18.4 Å². The van der Waals surface area contributed by atoms with Gasteiger partial charge in [-0.3, -0.25) is 14.9 Å². The number of carbonyl (C=O) groups is 4. The Bertz CT molecular complexity index is 3120. The number of nitrogens with one attached hydrogen (secondary N) is 4. The van der Waals surface area contributed by atoms with Gasteiger partial charge in [-0.15, -0.1) is 0 Å². The second-order valence-corrected chi connectivity index (χ2v) is 21.7. The molecule has 1 unspecified atom stereocenters. The molecular formula is C50H52F2N8O8S. The first-order chi connectivity index (χ1) is 32.9. The topological polar surface area (TPSA) is 209 Å². The van der Waals surface area contributed by atoms with Crippen LogP contribution in [0.2, 0.25) is 0 Å². The summed E-state index contributed by atoms with van der Waals surface area (Å²) in [4.78, 5) is 72.3. The Hall–Kier alpha value is -6.81. The number of aromatic amines is 2. The van der Waals surface area contributed by atoms with Gasteiger partial charge in [0.2, 0.25) is 5.91 Å². The second-order valence-electron chi connectivity index (χ2n) is 19.6. The van der Waals surface area contributed by atoms with Gasteiger partial charge >= 0.3 is 12.2 Å². The first-order valence-corrected chi connectivity index (χ1v) is 25.1. The van der Waals surface area contributed by atoms with Crippen LogP contribution in [0.5, 0.6) is 0 Å². The van der Waals surface area contributed by atoms with Crippen molar-refractivity contribution in [1.29, 1.82) is 0 Å². The summed E-state index contributed by atoms with van der Waals surface area (Å²) in [5, 5.41) is 5.14. The molecule has 360 valence electrons. The summed E-state index contributed by atoms with van der Waals surface area (Å²) in [7, 11) is -1.05. The summed E-state index contributed by atoms with van der Waals surface area (Å²) in [6.45, 7) is 4.26. The molecule has 4 amide bonds. The Morgan fingerprint density at radius 2 is 1.55 bits per heavy atom. The minimum atomic E-state index is -3.46. The number of alkyl carbamates (subject to hydrolysis) is 2. The van der Waals surface area contributed by atoms with Gasteiger partial charge < -0.3 is 34.6 Å². The molecule has 4 heterocycles. The molecule has 10 rings (SSSR count). The van der Waals surface area contributed by atoms with E-state index in [1.807, 2.05) is 32.0 Å². The van der Waals surface area contributed by atoms with E-state index in [9.17, 15) is 27.6 Å². The summed E-state index contributed by atoms with van der Waals surface area (Å²) in [6, 6.07) is 12.4. The Balaban J connectivity index is 0.892. The van der Waals surface area contributed by atoms with Gasteiger partial charge in [-0.05, 0) is 102 Å². The summed E-state index contributed by atoms with van der Waals surface area (Å²) in [5.41, 5.74) is 4.17. The summed E-state index contributed by atoms with van der Waals surface area (Å²) in [6.07, 6.45) is 6.07. The number of rotatable bonds is 10. The molecule has 16 nitrogen and oxygen atoms in total. The number of methoxy groups -OCH3 is 2. The number of fused-ring (bicyclic) bond motifs is 6. The molecule has 2 saturated heterocycles. The predicted octanol–water partition coefficient (Wildman–Crippen LogP) is 7.00. The number of halogens is 2. The Labute approximate surface area is 397 Å². The molecule has 1 spiro atoms. The van der Waals surface area contributed by atoms with E-state index in [0.717, 1.165) is 45.5 Å². The third-order valence-electron chi connectivity index (χ3n) is 14.6. The fourth-order valence-corrected chi connectivity index (χ4v) is 11.3. The molecule has 6 atom stereocenters.